The van der Waals surface area contributed by atoms with E-state index in [4.69, 9.17) is 0 Å². The van der Waals surface area contributed by atoms with E-state index < -0.39 is 23.3 Å². The van der Waals surface area contributed by atoms with Crippen molar-refractivity contribution in [1.29, 1.82) is 0 Å². The van der Waals surface area contributed by atoms with Crippen molar-refractivity contribution in [3.05, 3.63) is 59.2 Å². The van der Waals surface area contributed by atoms with Crippen molar-refractivity contribution >= 4 is 0 Å². The van der Waals surface area contributed by atoms with Crippen molar-refractivity contribution in [2.24, 2.45) is 17.8 Å². The monoisotopic (exact) mass is 404 g/mol. The summed E-state index contributed by atoms with van der Waals surface area (Å²) >= 11 is 0. The number of fused-ring (bicyclic) bond motifs is 1. The number of hydrogen-bond donors (Lipinski definition) is 0. The first kappa shape index (κ1) is 20.4. The third-order valence-corrected chi connectivity index (χ3v) is 7.16. The maximum Gasteiger partial charge on any atom is 0.159 e. The molecule has 4 unspecified atom stereocenters. The third-order valence-electron chi connectivity index (χ3n) is 7.16. The molecule has 2 aliphatic rings. The molecule has 2 aromatic carbocycles. The fourth-order valence-electron chi connectivity index (χ4n) is 5.72. The Hall–Kier alpha value is -1.84. The number of rotatable bonds is 4. The van der Waals surface area contributed by atoms with E-state index >= 15 is 0 Å². The van der Waals surface area contributed by atoms with Gasteiger partial charge in [0.05, 0.1) is 5.56 Å². The predicted octanol–water partition coefficient (Wildman–Crippen LogP) is 8.01. The maximum absolute atomic E-state index is 14.8. The van der Waals surface area contributed by atoms with Gasteiger partial charge in [-0.3, -0.25) is 0 Å². The van der Waals surface area contributed by atoms with Crippen LogP contribution in [0.15, 0.2) is 30.3 Å². The van der Waals surface area contributed by atoms with Crippen LogP contribution in [0.4, 0.5) is 17.6 Å². The molecule has 0 N–H and O–H groups in total. The molecule has 0 spiro atoms. The van der Waals surface area contributed by atoms with Crippen molar-refractivity contribution in [1.82, 2.24) is 0 Å². The summed E-state index contributed by atoms with van der Waals surface area (Å²) in [5, 5.41) is 0. The van der Waals surface area contributed by atoms with Crippen LogP contribution >= 0.6 is 0 Å². The average Bonchev–Trinajstić information content (AvgIpc) is 2.70. The van der Waals surface area contributed by atoms with Crippen molar-refractivity contribution < 1.29 is 17.6 Å². The molecule has 156 valence electrons. The van der Waals surface area contributed by atoms with E-state index in [1.165, 1.54) is 50.3 Å². The molecule has 2 aromatic rings. The summed E-state index contributed by atoms with van der Waals surface area (Å²) in [6, 6.07) is 5.74. The average molecular weight is 404 g/mol. The van der Waals surface area contributed by atoms with Crippen LogP contribution in [0.3, 0.4) is 0 Å². The number of hydrogen-bond acceptors (Lipinski definition) is 0. The van der Waals surface area contributed by atoms with Crippen LogP contribution in [0, 0.1) is 41.0 Å². The van der Waals surface area contributed by atoms with Gasteiger partial charge in [-0.15, -0.1) is 0 Å². The molecule has 0 aliphatic heterocycles. The molecule has 4 heteroatoms. The molecular weight excluding hydrogens is 376 g/mol. The lowest BCUT2D eigenvalue weighted by Crippen LogP contribution is -2.30. The van der Waals surface area contributed by atoms with Gasteiger partial charge in [-0.25, -0.2) is 17.6 Å². The Morgan fingerprint density at radius 3 is 2.14 bits per heavy atom. The molecule has 0 bridgehead atoms. The van der Waals surface area contributed by atoms with Crippen molar-refractivity contribution in [3.8, 4) is 11.1 Å². The normalized spacial score (nSPS) is 26.9. The molecule has 29 heavy (non-hydrogen) atoms. The molecule has 0 saturated heterocycles. The summed E-state index contributed by atoms with van der Waals surface area (Å²) in [7, 11) is 0. The fraction of sp³-hybridized carbons (Fsp3) is 0.520. The lowest BCUT2D eigenvalue weighted by Gasteiger charge is -2.42. The molecule has 2 saturated carbocycles. The highest BCUT2D eigenvalue weighted by Gasteiger charge is 2.36. The van der Waals surface area contributed by atoms with E-state index in [1.54, 1.807) is 0 Å². The molecule has 2 aliphatic carbocycles. The molecule has 0 heterocycles. The van der Waals surface area contributed by atoms with E-state index in [0.29, 0.717) is 11.5 Å². The zero-order valence-electron chi connectivity index (χ0n) is 16.9. The molecule has 2 fully saturated rings. The first-order valence-corrected chi connectivity index (χ1v) is 10.9. The first-order valence-electron chi connectivity index (χ1n) is 10.9. The van der Waals surface area contributed by atoms with Gasteiger partial charge in [0.15, 0.2) is 11.6 Å². The smallest absolute Gasteiger partial charge is 0.159 e. The zero-order chi connectivity index (χ0) is 20.5. The molecule has 0 nitrogen and oxygen atoms in total. The highest BCUT2D eigenvalue weighted by Crippen LogP contribution is 2.48. The Balaban J connectivity index is 1.52. The summed E-state index contributed by atoms with van der Waals surface area (Å²) in [6.45, 7) is 2.25. The van der Waals surface area contributed by atoms with Crippen LogP contribution < -0.4 is 0 Å². The second kappa shape index (κ2) is 8.49. The van der Waals surface area contributed by atoms with Gasteiger partial charge in [-0.1, -0.05) is 32.3 Å². The topological polar surface area (TPSA) is 0 Å². The van der Waals surface area contributed by atoms with E-state index in [0.717, 1.165) is 43.2 Å². The fourth-order valence-corrected chi connectivity index (χ4v) is 5.72. The minimum absolute atomic E-state index is 0.0170. The predicted molar refractivity (Wildman–Crippen MR) is 108 cm³/mol. The minimum atomic E-state index is -1.11. The highest BCUT2D eigenvalue weighted by molar-refractivity contribution is 5.65. The van der Waals surface area contributed by atoms with Gasteiger partial charge in [0.2, 0.25) is 0 Å². The van der Waals surface area contributed by atoms with Crippen LogP contribution in [0.2, 0.25) is 0 Å². The SMILES string of the molecule is CCCC1CCC2CC(c3cc(F)c(-c4ccc(F)c(F)c4)c(F)c3)CCC2C1. The largest absolute Gasteiger partial charge is 0.206 e. The van der Waals surface area contributed by atoms with Crippen LogP contribution in [-0.4, -0.2) is 0 Å². The molecule has 4 rings (SSSR count). The van der Waals surface area contributed by atoms with Gasteiger partial charge < -0.3 is 0 Å². The van der Waals surface area contributed by atoms with Crippen molar-refractivity contribution in [2.45, 2.75) is 64.2 Å². The maximum atomic E-state index is 14.8. The first-order chi connectivity index (χ1) is 14.0. The Bertz CT molecular complexity index is 852. The van der Waals surface area contributed by atoms with Gasteiger partial charge in [0, 0.05) is 0 Å². The van der Waals surface area contributed by atoms with Crippen molar-refractivity contribution in [2.75, 3.05) is 0 Å². The van der Waals surface area contributed by atoms with Crippen LogP contribution in [0.5, 0.6) is 0 Å². The Morgan fingerprint density at radius 1 is 0.759 bits per heavy atom. The van der Waals surface area contributed by atoms with E-state index in [2.05, 4.69) is 6.92 Å². The number of benzene rings is 2. The summed E-state index contributed by atoms with van der Waals surface area (Å²) in [5.74, 6) is -1.13. The second-order valence-corrected chi connectivity index (χ2v) is 8.99. The van der Waals surface area contributed by atoms with Crippen LogP contribution in [0.1, 0.15) is 69.8 Å². The number of halogens is 4. The molecule has 0 radical (unpaired) electrons. The second-order valence-electron chi connectivity index (χ2n) is 8.99. The summed E-state index contributed by atoms with van der Waals surface area (Å²) < 4.78 is 56.3. The van der Waals surface area contributed by atoms with Crippen molar-refractivity contribution in [3.63, 3.8) is 0 Å². The standard InChI is InChI=1S/C25H28F4/c1-2-3-15-4-5-17-11-18(7-6-16(17)10-15)20-13-23(28)25(24(29)14-20)19-8-9-21(26)22(27)12-19/h8-9,12-18H,2-7,10-11H2,1H3. The van der Waals surface area contributed by atoms with Gasteiger partial charge in [0.1, 0.15) is 11.6 Å². The highest BCUT2D eigenvalue weighted by atomic mass is 19.2. The summed E-state index contributed by atoms with van der Waals surface area (Å²) in [5.41, 5.74) is 0.422. The minimum Gasteiger partial charge on any atom is -0.206 e. The summed E-state index contributed by atoms with van der Waals surface area (Å²) in [6.07, 6.45) is 9.45. The molecule has 0 amide bonds. The Kier molecular flexibility index (Phi) is 5.98. The molecule has 4 atom stereocenters. The zero-order valence-corrected chi connectivity index (χ0v) is 16.9. The van der Waals surface area contributed by atoms with Crippen LogP contribution in [-0.2, 0) is 0 Å². The quantitative estimate of drug-likeness (QED) is 0.453. The molecule has 0 aromatic heterocycles. The van der Waals surface area contributed by atoms with Gasteiger partial charge in [0.25, 0.3) is 0 Å². The van der Waals surface area contributed by atoms with Gasteiger partial charge in [-0.2, -0.15) is 0 Å². The van der Waals surface area contributed by atoms with Gasteiger partial charge in [-0.05, 0) is 91.2 Å². The molecular formula is C25H28F4. The Labute approximate surface area is 170 Å². The lowest BCUT2D eigenvalue weighted by molar-refractivity contribution is 0.114. The van der Waals surface area contributed by atoms with Crippen LogP contribution in [0.25, 0.3) is 11.1 Å². The Morgan fingerprint density at radius 2 is 1.45 bits per heavy atom. The lowest BCUT2D eigenvalue weighted by atomic mass is 9.63. The third kappa shape index (κ3) is 4.22. The van der Waals surface area contributed by atoms with Gasteiger partial charge >= 0.3 is 0 Å². The van der Waals surface area contributed by atoms with E-state index in [1.807, 2.05) is 0 Å². The van der Waals surface area contributed by atoms with E-state index in [-0.39, 0.29) is 17.0 Å². The summed E-state index contributed by atoms with van der Waals surface area (Å²) in [4.78, 5) is 0. The van der Waals surface area contributed by atoms with E-state index in [9.17, 15) is 17.6 Å².